The van der Waals surface area contributed by atoms with Gasteiger partial charge in [0.1, 0.15) is 19.0 Å². The van der Waals surface area contributed by atoms with Crippen LogP contribution in [-0.2, 0) is 26.8 Å². The van der Waals surface area contributed by atoms with Crippen LogP contribution < -0.4 is 16.2 Å². The number of nitrogen functional groups attached to an aromatic ring is 2. The Kier molecular flexibility index (Phi) is 10.3. The molecule has 0 bridgehead atoms. The van der Waals surface area contributed by atoms with Crippen molar-refractivity contribution >= 4 is 29.4 Å². The van der Waals surface area contributed by atoms with Gasteiger partial charge in [-0.1, -0.05) is 24.3 Å². The van der Waals surface area contributed by atoms with Gasteiger partial charge in [-0.15, -0.1) is 0 Å². The molecule has 0 atom stereocenters. The second kappa shape index (κ2) is 13.6. The van der Waals surface area contributed by atoms with Gasteiger partial charge in [-0.25, -0.2) is 9.59 Å². The highest BCUT2D eigenvalue weighted by molar-refractivity contribution is 5.91. The van der Waals surface area contributed by atoms with E-state index in [4.69, 9.17) is 25.7 Å². The van der Waals surface area contributed by atoms with E-state index in [9.17, 15) is 31.5 Å². The first-order chi connectivity index (χ1) is 19.3. The summed E-state index contributed by atoms with van der Waals surface area (Å²) in [5, 5.41) is 0. The first kappa shape index (κ1) is 30.9. The second-order valence-electron chi connectivity index (χ2n) is 8.88. The SMILES string of the molecule is Nc1cc(N)cc(C(=O)OCCOC(=O)C=Cc2ccc(OC(F)(F)c3ccc(CCCC(F)(F)F)cc3)cc2)c1. The van der Waals surface area contributed by atoms with Crippen LogP contribution in [0, 0.1) is 0 Å². The van der Waals surface area contributed by atoms with Crippen molar-refractivity contribution in [1.82, 2.24) is 0 Å². The largest absolute Gasteiger partial charge is 0.459 e. The number of hydrogen-bond acceptors (Lipinski definition) is 7. The van der Waals surface area contributed by atoms with Gasteiger partial charge in [-0.3, -0.25) is 0 Å². The van der Waals surface area contributed by atoms with E-state index in [1.807, 2.05) is 0 Å². The van der Waals surface area contributed by atoms with Gasteiger partial charge in [0.05, 0.1) is 11.1 Å². The predicted octanol–water partition coefficient (Wildman–Crippen LogP) is 6.28. The van der Waals surface area contributed by atoms with E-state index in [1.165, 1.54) is 60.7 Å². The van der Waals surface area contributed by atoms with E-state index < -0.39 is 36.2 Å². The molecule has 0 unspecified atom stereocenters. The molecule has 0 aliphatic heterocycles. The molecule has 7 nitrogen and oxygen atoms in total. The third-order valence-electron chi connectivity index (χ3n) is 5.53. The molecule has 3 aromatic carbocycles. The monoisotopic (exact) mass is 578 g/mol. The number of carbonyl (C=O) groups excluding carboxylic acids is 2. The number of alkyl halides is 5. The molecule has 0 heterocycles. The lowest BCUT2D eigenvalue weighted by molar-refractivity contribution is -0.185. The smallest absolute Gasteiger partial charge is 0.426 e. The minimum atomic E-state index is -4.26. The molecule has 0 saturated heterocycles. The van der Waals surface area contributed by atoms with Crippen molar-refractivity contribution in [3.63, 3.8) is 0 Å². The molecule has 0 saturated carbocycles. The summed E-state index contributed by atoms with van der Waals surface area (Å²) < 4.78 is 80.7. The Morgan fingerprint density at radius 3 is 2.02 bits per heavy atom. The molecule has 3 rings (SSSR count). The third-order valence-corrected chi connectivity index (χ3v) is 5.53. The molecular formula is C29H27F5N2O5. The fourth-order valence-corrected chi connectivity index (χ4v) is 3.58. The molecule has 0 spiro atoms. The Morgan fingerprint density at radius 1 is 0.805 bits per heavy atom. The molecule has 3 aromatic rings. The van der Waals surface area contributed by atoms with Crippen molar-refractivity contribution in [2.75, 3.05) is 24.7 Å². The molecule has 0 aliphatic carbocycles. The highest BCUT2D eigenvalue weighted by Gasteiger charge is 2.34. The highest BCUT2D eigenvalue weighted by Crippen LogP contribution is 2.32. The fourth-order valence-electron chi connectivity index (χ4n) is 3.58. The first-order valence-electron chi connectivity index (χ1n) is 12.3. The Morgan fingerprint density at radius 2 is 1.41 bits per heavy atom. The fraction of sp³-hybridized carbons (Fsp3) is 0.241. The zero-order valence-corrected chi connectivity index (χ0v) is 21.6. The zero-order chi connectivity index (χ0) is 30.0. The normalized spacial score (nSPS) is 11.8. The summed E-state index contributed by atoms with van der Waals surface area (Å²) >= 11 is 0. The lowest BCUT2D eigenvalue weighted by Gasteiger charge is -2.18. The summed E-state index contributed by atoms with van der Waals surface area (Å²) in [6, 6.07) is 14.6. The van der Waals surface area contributed by atoms with E-state index >= 15 is 0 Å². The molecule has 0 fully saturated rings. The lowest BCUT2D eigenvalue weighted by atomic mass is 10.1. The lowest BCUT2D eigenvalue weighted by Crippen LogP contribution is -2.21. The van der Waals surface area contributed by atoms with Gasteiger partial charge in [0.15, 0.2) is 0 Å². The predicted molar refractivity (Wildman–Crippen MR) is 142 cm³/mol. The van der Waals surface area contributed by atoms with E-state index in [1.54, 1.807) is 0 Å². The topological polar surface area (TPSA) is 114 Å². The summed E-state index contributed by atoms with van der Waals surface area (Å²) in [5.74, 6) is -1.55. The van der Waals surface area contributed by atoms with Gasteiger partial charge < -0.3 is 25.7 Å². The van der Waals surface area contributed by atoms with Crippen LogP contribution in [0.2, 0.25) is 0 Å². The number of aryl methyl sites for hydroxylation is 1. The molecule has 4 N–H and O–H groups in total. The van der Waals surface area contributed by atoms with Crippen molar-refractivity contribution in [3.05, 3.63) is 95.1 Å². The number of halogens is 5. The number of benzene rings is 3. The Bertz CT molecular complexity index is 1340. The maximum atomic E-state index is 14.6. The van der Waals surface area contributed by atoms with Crippen LogP contribution in [0.5, 0.6) is 5.75 Å². The maximum Gasteiger partial charge on any atom is 0.426 e. The van der Waals surface area contributed by atoms with Crippen molar-refractivity contribution in [2.24, 2.45) is 0 Å². The van der Waals surface area contributed by atoms with Crippen LogP contribution in [-0.4, -0.2) is 31.3 Å². The minimum Gasteiger partial charge on any atom is -0.459 e. The highest BCUT2D eigenvalue weighted by atomic mass is 19.4. The van der Waals surface area contributed by atoms with Crippen molar-refractivity contribution in [2.45, 2.75) is 31.5 Å². The number of ether oxygens (including phenoxy) is 3. The summed E-state index contributed by atoms with van der Waals surface area (Å²) in [6.07, 6.45) is -6.41. The quantitative estimate of drug-likeness (QED) is 0.0855. The first-order valence-corrected chi connectivity index (χ1v) is 12.3. The average molecular weight is 579 g/mol. The number of anilines is 2. The van der Waals surface area contributed by atoms with Crippen molar-refractivity contribution in [3.8, 4) is 5.75 Å². The molecule has 0 radical (unpaired) electrons. The van der Waals surface area contributed by atoms with Crippen molar-refractivity contribution in [1.29, 1.82) is 0 Å². The standard InChI is InChI=1S/C29H27F5N2O5/c30-28(31,32)13-1-2-19-3-8-22(9-4-19)29(33,34)41-25-10-5-20(6-11-25)7-12-26(37)39-14-15-40-27(38)21-16-23(35)18-24(36)17-21/h3-12,16-18H,1-2,13-15,35-36H2. The van der Waals surface area contributed by atoms with Crippen LogP contribution in [0.3, 0.4) is 0 Å². The molecule has 41 heavy (non-hydrogen) atoms. The number of rotatable bonds is 12. The average Bonchev–Trinajstić information content (AvgIpc) is 2.89. The van der Waals surface area contributed by atoms with Gasteiger partial charge in [0.2, 0.25) is 0 Å². The van der Waals surface area contributed by atoms with Gasteiger partial charge >= 0.3 is 24.2 Å². The second-order valence-corrected chi connectivity index (χ2v) is 8.88. The maximum absolute atomic E-state index is 14.6. The molecule has 0 aromatic heterocycles. The Labute approximate surface area is 232 Å². The van der Waals surface area contributed by atoms with E-state index in [2.05, 4.69) is 0 Å². The van der Waals surface area contributed by atoms with Crippen LogP contribution in [0.4, 0.5) is 33.3 Å². The van der Waals surface area contributed by atoms with Crippen LogP contribution in [0.25, 0.3) is 6.08 Å². The summed E-state index contributed by atoms with van der Waals surface area (Å²) in [6.45, 7) is -0.405. The van der Waals surface area contributed by atoms with Gasteiger partial charge in [0.25, 0.3) is 0 Å². The third kappa shape index (κ3) is 10.5. The van der Waals surface area contributed by atoms with Gasteiger partial charge in [-0.05, 0) is 72.5 Å². The molecule has 0 amide bonds. The van der Waals surface area contributed by atoms with Crippen molar-refractivity contribution < 1.29 is 45.8 Å². The van der Waals surface area contributed by atoms with Crippen LogP contribution >= 0.6 is 0 Å². The number of esters is 2. The summed E-state index contributed by atoms with van der Waals surface area (Å²) in [7, 11) is 0. The van der Waals surface area contributed by atoms with E-state index in [0.717, 1.165) is 18.2 Å². The minimum absolute atomic E-state index is 0.113. The van der Waals surface area contributed by atoms with E-state index in [0.29, 0.717) is 22.5 Å². The van der Waals surface area contributed by atoms with Crippen LogP contribution in [0.15, 0.2) is 72.8 Å². The zero-order valence-electron chi connectivity index (χ0n) is 21.6. The van der Waals surface area contributed by atoms with Crippen LogP contribution in [0.1, 0.15) is 39.9 Å². The van der Waals surface area contributed by atoms with E-state index in [-0.39, 0.29) is 37.4 Å². The Balaban J connectivity index is 1.43. The summed E-state index contributed by atoms with van der Waals surface area (Å²) in [5.41, 5.74) is 12.6. The molecule has 12 heteroatoms. The number of carbonyl (C=O) groups is 2. The number of hydrogen-bond donors (Lipinski definition) is 2. The number of nitrogens with two attached hydrogens (primary N) is 2. The van der Waals surface area contributed by atoms with Gasteiger partial charge in [-0.2, -0.15) is 22.0 Å². The van der Waals surface area contributed by atoms with Gasteiger partial charge in [0, 0.05) is 23.9 Å². The summed E-state index contributed by atoms with van der Waals surface area (Å²) in [4.78, 5) is 23.9. The molecular weight excluding hydrogens is 551 g/mol. The molecule has 218 valence electrons. The Hall–Kier alpha value is -4.61. The molecule has 0 aliphatic rings.